The summed E-state index contributed by atoms with van der Waals surface area (Å²) >= 11 is 0. The van der Waals surface area contributed by atoms with Crippen LogP contribution >= 0.6 is 0 Å². The van der Waals surface area contributed by atoms with E-state index in [2.05, 4.69) is 0 Å². The molecule has 0 aliphatic rings. The third-order valence-corrected chi connectivity index (χ3v) is 2.72. The number of aliphatic carboxylic acids is 1. The van der Waals surface area contributed by atoms with Crippen molar-refractivity contribution in [1.82, 2.24) is 5.32 Å². The Morgan fingerprint density at radius 3 is 2.32 bits per heavy atom. The Hall–Kier alpha value is -2.51. The molecule has 0 radical (unpaired) electrons. The van der Waals surface area contributed by atoms with Gasteiger partial charge in [-0.3, -0.25) is 4.79 Å². The highest BCUT2D eigenvalue weighted by Gasteiger charge is 2.34. The van der Waals surface area contributed by atoms with E-state index in [9.17, 15) is 27.9 Å². The smallest absolute Gasteiger partial charge is 0.417 e. The van der Waals surface area contributed by atoms with Crippen molar-refractivity contribution in [2.75, 3.05) is 7.11 Å². The molecule has 0 aliphatic heterocycles. The zero-order chi connectivity index (χ0) is 17.1. The first-order valence-corrected chi connectivity index (χ1v) is 6.02. The molecule has 0 saturated heterocycles. The molecule has 0 spiro atoms. The van der Waals surface area contributed by atoms with Gasteiger partial charge in [0.1, 0.15) is 5.75 Å². The number of nitrogens with one attached hydrogen (secondary N) is 1. The highest BCUT2D eigenvalue weighted by molar-refractivity contribution is 5.95. The van der Waals surface area contributed by atoms with E-state index in [0.717, 1.165) is 13.0 Å². The van der Waals surface area contributed by atoms with Gasteiger partial charge in [0.2, 0.25) is 5.91 Å². The van der Waals surface area contributed by atoms with Crippen molar-refractivity contribution in [2.45, 2.75) is 20.0 Å². The van der Waals surface area contributed by atoms with Gasteiger partial charge < -0.3 is 20.0 Å². The van der Waals surface area contributed by atoms with Crippen LogP contribution in [0.4, 0.5) is 13.2 Å². The number of aryl methyl sites for hydroxylation is 1. The second-order valence-electron chi connectivity index (χ2n) is 4.43. The van der Waals surface area contributed by atoms with E-state index in [-0.39, 0.29) is 16.9 Å². The topological polar surface area (TPSA) is 78.5 Å². The number of methoxy groups -OCH3 is 1. The van der Waals surface area contributed by atoms with Gasteiger partial charge in [0.25, 0.3) is 0 Å². The maximum absolute atomic E-state index is 13.1. The van der Waals surface area contributed by atoms with E-state index < -0.39 is 29.3 Å². The van der Waals surface area contributed by atoms with Gasteiger partial charge in [-0.1, -0.05) is 0 Å². The van der Waals surface area contributed by atoms with Crippen LogP contribution in [0.3, 0.4) is 0 Å². The maximum atomic E-state index is 13.1. The Morgan fingerprint density at radius 2 is 1.91 bits per heavy atom. The van der Waals surface area contributed by atoms with Crippen molar-refractivity contribution < 1.29 is 32.6 Å². The number of rotatable bonds is 4. The van der Waals surface area contributed by atoms with Crippen molar-refractivity contribution in [3.8, 4) is 5.75 Å². The molecule has 0 fully saturated rings. The summed E-state index contributed by atoms with van der Waals surface area (Å²) in [5.41, 5.74) is -2.09. The van der Waals surface area contributed by atoms with Crippen molar-refractivity contribution in [3.05, 3.63) is 34.5 Å². The highest BCUT2D eigenvalue weighted by Crippen LogP contribution is 2.37. The molecule has 1 aromatic rings. The molecule has 8 heteroatoms. The van der Waals surface area contributed by atoms with Crippen LogP contribution in [0.15, 0.2) is 17.8 Å². The number of carbonyl (C=O) groups is 2. The molecule has 22 heavy (non-hydrogen) atoms. The molecule has 1 N–H and O–H groups in total. The highest BCUT2D eigenvalue weighted by atomic mass is 19.4. The summed E-state index contributed by atoms with van der Waals surface area (Å²) in [4.78, 5) is 21.9. The van der Waals surface area contributed by atoms with E-state index in [1.54, 1.807) is 0 Å². The molecule has 0 atom stereocenters. The van der Waals surface area contributed by atoms with Gasteiger partial charge >= 0.3 is 6.18 Å². The SMILES string of the molecule is COc1cc(C)c(/C=C(\NC(C)=O)C(=O)[O-])c(C(F)(F)F)c1. The number of hydrogen-bond donors (Lipinski definition) is 1. The lowest BCUT2D eigenvalue weighted by Gasteiger charge is -2.17. The van der Waals surface area contributed by atoms with Crippen LogP contribution in [-0.2, 0) is 15.8 Å². The lowest BCUT2D eigenvalue weighted by atomic mass is 9.99. The monoisotopic (exact) mass is 316 g/mol. The van der Waals surface area contributed by atoms with Crippen molar-refractivity contribution in [1.29, 1.82) is 0 Å². The normalized spacial score (nSPS) is 12.0. The summed E-state index contributed by atoms with van der Waals surface area (Å²) in [5.74, 6) is -2.55. The summed E-state index contributed by atoms with van der Waals surface area (Å²) in [6.07, 6.45) is -4.01. The van der Waals surface area contributed by atoms with Gasteiger partial charge in [0.05, 0.1) is 24.3 Å². The molecule has 1 rings (SSSR count). The Labute approximate surface area is 124 Å². The third-order valence-electron chi connectivity index (χ3n) is 2.72. The van der Waals surface area contributed by atoms with Crippen molar-refractivity contribution >= 4 is 18.0 Å². The molecule has 5 nitrogen and oxygen atoms in total. The summed E-state index contributed by atoms with van der Waals surface area (Å²) in [6.45, 7) is 2.40. The molecule has 1 aromatic carbocycles. The predicted octanol–water partition coefficient (Wildman–Crippen LogP) is 1.25. The van der Waals surface area contributed by atoms with E-state index in [0.29, 0.717) is 6.08 Å². The Bertz CT molecular complexity index is 636. The fraction of sp³-hybridized carbons (Fsp3) is 0.286. The number of carboxylic acids is 1. The minimum absolute atomic E-state index is 0.0171. The molecule has 120 valence electrons. The maximum Gasteiger partial charge on any atom is 0.417 e. The average molecular weight is 316 g/mol. The summed E-state index contributed by atoms with van der Waals surface area (Å²) in [6, 6.07) is 2.07. The van der Waals surface area contributed by atoms with Crippen molar-refractivity contribution in [2.24, 2.45) is 0 Å². The van der Waals surface area contributed by atoms with E-state index in [1.165, 1.54) is 20.1 Å². The molecule has 0 heterocycles. The first kappa shape index (κ1) is 17.5. The van der Waals surface area contributed by atoms with Crippen LogP contribution in [0.2, 0.25) is 0 Å². The lowest BCUT2D eigenvalue weighted by molar-refractivity contribution is -0.299. The van der Waals surface area contributed by atoms with E-state index >= 15 is 0 Å². The second kappa shape index (κ2) is 6.50. The zero-order valence-corrected chi connectivity index (χ0v) is 12.0. The standard InChI is InChI=1S/C14H14F3NO4/c1-7-4-9(22-3)5-11(14(15,16)17)10(7)6-12(13(20)21)18-8(2)19/h4-6H,1-3H3,(H,18,19)(H,20,21)/p-1/b12-6-. The largest absolute Gasteiger partial charge is 0.543 e. The number of carboxylic acid groups (broad SMARTS) is 1. The number of ether oxygens (including phenoxy) is 1. The number of alkyl halides is 3. The fourth-order valence-electron chi connectivity index (χ4n) is 1.79. The second-order valence-corrected chi connectivity index (χ2v) is 4.43. The third kappa shape index (κ3) is 4.24. The first-order chi connectivity index (χ1) is 10.1. The molecule has 0 aromatic heterocycles. The van der Waals surface area contributed by atoms with E-state index in [1.807, 2.05) is 5.32 Å². The van der Waals surface area contributed by atoms with Crippen LogP contribution in [-0.4, -0.2) is 19.0 Å². The average Bonchev–Trinajstić information content (AvgIpc) is 2.37. The van der Waals surface area contributed by atoms with Crippen LogP contribution in [0.1, 0.15) is 23.6 Å². The summed E-state index contributed by atoms with van der Waals surface area (Å²) < 4.78 is 44.2. The molecule has 0 bridgehead atoms. The molecular formula is C14H13F3NO4-. The number of benzene rings is 1. The number of carbonyl (C=O) groups excluding carboxylic acids is 2. The van der Waals surface area contributed by atoms with Crippen molar-refractivity contribution in [3.63, 3.8) is 0 Å². The molecular weight excluding hydrogens is 303 g/mol. The number of hydrogen-bond acceptors (Lipinski definition) is 4. The molecule has 0 aliphatic carbocycles. The van der Waals surface area contributed by atoms with Crippen LogP contribution < -0.4 is 15.2 Å². The lowest BCUT2D eigenvalue weighted by Crippen LogP contribution is -2.34. The molecule has 1 amide bonds. The van der Waals surface area contributed by atoms with Gasteiger partial charge in [-0.15, -0.1) is 0 Å². The Morgan fingerprint density at radius 1 is 1.32 bits per heavy atom. The minimum atomic E-state index is -4.72. The van der Waals surface area contributed by atoms with Gasteiger partial charge in [0, 0.05) is 6.92 Å². The number of halogens is 3. The summed E-state index contributed by atoms with van der Waals surface area (Å²) in [5, 5.41) is 12.9. The first-order valence-electron chi connectivity index (χ1n) is 6.02. The molecule has 0 unspecified atom stereocenters. The predicted molar refractivity (Wildman–Crippen MR) is 69.5 cm³/mol. The Kier molecular flexibility index (Phi) is 5.19. The van der Waals surface area contributed by atoms with E-state index in [4.69, 9.17) is 4.74 Å². The Balaban J connectivity index is 3.57. The van der Waals surface area contributed by atoms with Crippen LogP contribution in [0.25, 0.3) is 6.08 Å². The zero-order valence-electron chi connectivity index (χ0n) is 12.0. The number of amides is 1. The fourth-order valence-corrected chi connectivity index (χ4v) is 1.79. The van der Waals surface area contributed by atoms with Crippen LogP contribution in [0, 0.1) is 6.92 Å². The summed E-state index contributed by atoms with van der Waals surface area (Å²) in [7, 11) is 1.22. The molecule has 0 saturated carbocycles. The van der Waals surface area contributed by atoms with Gasteiger partial charge in [-0.25, -0.2) is 0 Å². The quantitative estimate of drug-likeness (QED) is 0.848. The van der Waals surface area contributed by atoms with Gasteiger partial charge in [-0.2, -0.15) is 13.2 Å². The van der Waals surface area contributed by atoms with Crippen LogP contribution in [0.5, 0.6) is 5.75 Å². The van der Waals surface area contributed by atoms with Gasteiger partial charge in [0.15, 0.2) is 0 Å². The minimum Gasteiger partial charge on any atom is -0.543 e. The van der Waals surface area contributed by atoms with Gasteiger partial charge in [-0.05, 0) is 36.3 Å².